The predicted molar refractivity (Wildman–Crippen MR) is 57.8 cm³/mol. The van der Waals surface area contributed by atoms with Crippen LogP contribution in [0.25, 0.3) is 6.08 Å². The molecule has 0 saturated heterocycles. The number of carbonyl (C=O) groups excluding carboxylic acids is 2. The first-order chi connectivity index (χ1) is 8.30. The van der Waals surface area contributed by atoms with E-state index in [0.717, 1.165) is 12.2 Å². The number of phenolic OH excluding ortho intramolecular Hbond substituents is 1. The fourth-order valence-corrected chi connectivity index (χ4v) is 1.13. The van der Waals surface area contributed by atoms with Crippen molar-refractivity contribution in [2.75, 3.05) is 0 Å². The summed E-state index contributed by atoms with van der Waals surface area (Å²) < 4.78 is 35.6. The molecule has 0 unspecified atom stereocenters. The molecule has 0 aliphatic rings. The zero-order valence-corrected chi connectivity index (χ0v) is 9.07. The lowest BCUT2D eigenvalue weighted by Gasteiger charge is -2.02. The van der Waals surface area contributed by atoms with E-state index in [1.54, 1.807) is 12.1 Å². The van der Waals surface area contributed by atoms with Gasteiger partial charge in [0.05, 0.1) is 6.42 Å². The molecule has 1 N–H and O–H groups in total. The van der Waals surface area contributed by atoms with Gasteiger partial charge in [0, 0.05) is 5.56 Å². The summed E-state index contributed by atoms with van der Waals surface area (Å²) in [6.45, 7) is 0. The number of phenols is 1. The summed E-state index contributed by atoms with van der Waals surface area (Å²) in [5.74, 6) is -3.17. The summed E-state index contributed by atoms with van der Waals surface area (Å²) in [5.41, 5.74) is 0.283. The molecule has 0 atom stereocenters. The lowest BCUT2D eigenvalue weighted by Crippen LogP contribution is -2.24. The van der Waals surface area contributed by atoms with Crippen molar-refractivity contribution >= 4 is 17.6 Å². The highest BCUT2D eigenvalue weighted by molar-refractivity contribution is 6.07. The average molecular weight is 258 g/mol. The SMILES string of the molecule is O=C(C=Cc1ccccc1O)CC(=O)C(F)(F)F. The monoisotopic (exact) mass is 258 g/mol. The predicted octanol–water partition coefficient (Wildman–Crippen LogP) is 2.50. The molecule has 0 spiro atoms. The molecule has 0 fully saturated rings. The summed E-state index contributed by atoms with van der Waals surface area (Å²) in [7, 11) is 0. The van der Waals surface area contributed by atoms with E-state index in [1.165, 1.54) is 12.1 Å². The van der Waals surface area contributed by atoms with Gasteiger partial charge in [0.15, 0.2) is 5.78 Å². The molecule has 0 heterocycles. The van der Waals surface area contributed by atoms with Crippen LogP contribution in [-0.4, -0.2) is 22.8 Å². The molecule has 0 aromatic heterocycles. The first-order valence-electron chi connectivity index (χ1n) is 4.89. The number of allylic oxidation sites excluding steroid dienone is 1. The number of hydrogen-bond donors (Lipinski definition) is 1. The smallest absolute Gasteiger partial charge is 0.450 e. The molecule has 1 rings (SSSR count). The van der Waals surface area contributed by atoms with Crippen LogP contribution in [0.4, 0.5) is 13.2 Å². The Morgan fingerprint density at radius 1 is 1.22 bits per heavy atom. The highest BCUT2D eigenvalue weighted by Gasteiger charge is 2.38. The van der Waals surface area contributed by atoms with E-state index in [4.69, 9.17) is 0 Å². The largest absolute Gasteiger partial charge is 0.507 e. The first-order valence-corrected chi connectivity index (χ1v) is 4.89. The van der Waals surface area contributed by atoms with Gasteiger partial charge in [-0.2, -0.15) is 13.2 Å². The van der Waals surface area contributed by atoms with Crippen LogP contribution in [0.2, 0.25) is 0 Å². The van der Waals surface area contributed by atoms with E-state index in [1.807, 2.05) is 0 Å². The second kappa shape index (κ2) is 5.48. The molecule has 18 heavy (non-hydrogen) atoms. The van der Waals surface area contributed by atoms with Crippen LogP contribution in [-0.2, 0) is 9.59 Å². The number of benzene rings is 1. The van der Waals surface area contributed by atoms with Crippen LogP contribution in [0.5, 0.6) is 5.75 Å². The van der Waals surface area contributed by atoms with Gasteiger partial charge in [0.1, 0.15) is 5.75 Å². The highest BCUT2D eigenvalue weighted by atomic mass is 19.4. The van der Waals surface area contributed by atoms with Crippen LogP contribution in [0.15, 0.2) is 30.3 Å². The van der Waals surface area contributed by atoms with Crippen molar-refractivity contribution in [1.29, 1.82) is 0 Å². The number of ketones is 2. The van der Waals surface area contributed by atoms with E-state index < -0.39 is 24.2 Å². The van der Waals surface area contributed by atoms with E-state index in [2.05, 4.69) is 0 Å². The van der Waals surface area contributed by atoms with Crippen molar-refractivity contribution in [1.82, 2.24) is 0 Å². The van der Waals surface area contributed by atoms with Gasteiger partial charge >= 0.3 is 6.18 Å². The van der Waals surface area contributed by atoms with Crippen LogP contribution >= 0.6 is 0 Å². The topological polar surface area (TPSA) is 54.4 Å². The number of carbonyl (C=O) groups is 2. The van der Waals surface area contributed by atoms with Crippen molar-refractivity contribution in [2.24, 2.45) is 0 Å². The van der Waals surface area contributed by atoms with Gasteiger partial charge in [0.2, 0.25) is 5.78 Å². The van der Waals surface area contributed by atoms with Crippen LogP contribution in [0.1, 0.15) is 12.0 Å². The third kappa shape index (κ3) is 4.04. The number of alkyl halides is 3. The average Bonchev–Trinajstić information content (AvgIpc) is 2.26. The molecule has 0 saturated carbocycles. The molecule has 3 nitrogen and oxygen atoms in total. The van der Waals surface area contributed by atoms with Gasteiger partial charge in [-0.15, -0.1) is 0 Å². The Morgan fingerprint density at radius 2 is 1.83 bits per heavy atom. The Kier molecular flexibility index (Phi) is 4.25. The standard InChI is InChI=1S/C12H9F3O3/c13-12(14,15)11(18)7-9(16)6-5-8-3-1-2-4-10(8)17/h1-6,17H,7H2. The maximum Gasteiger partial charge on any atom is 0.450 e. The molecule has 96 valence electrons. The van der Waals surface area contributed by atoms with Gasteiger partial charge < -0.3 is 5.11 Å². The Hall–Kier alpha value is -2.11. The maximum atomic E-state index is 11.9. The molecule has 0 bridgehead atoms. The lowest BCUT2D eigenvalue weighted by molar-refractivity contribution is -0.171. The molecule has 0 amide bonds. The summed E-state index contributed by atoms with van der Waals surface area (Å²) in [4.78, 5) is 21.6. The quantitative estimate of drug-likeness (QED) is 0.666. The van der Waals surface area contributed by atoms with Crippen LogP contribution < -0.4 is 0 Å². The van der Waals surface area contributed by atoms with Gasteiger partial charge in [-0.1, -0.05) is 18.2 Å². The van der Waals surface area contributed by atoms with Crippen molar-refractivity contribution in [3.63, 3.8) is 0 Å². The molecule has 0 aliphatic carbocycles. The fraction of sp³-hybridized carbons (Fsp3) is 0.167. The highest BCUT2D eigenvalue weighted by Crippen LogP contribution is 2.19. The number of hydrogen-bond acceptors (Lipinski definition) is 3. The van der Waals surface area contributed by atoms with Crippen molar-refractivity contribution in [3.05, 3.63) is 35.9 Å². The number of Topliss-reactive ketones (excluding diaryl/α,β-unsaturated/α-hetero) is 1. The zero-order chi connectivity index (χ0) is 13.8. The fourth-order valence-electron chi connectivity index (χ4n) is 1.13. The van der Waals surface area contributed by atoms with Crippen molar-refractivity contribution < 1.29 is 27.9 Å². The number of aromatic hydroxyl groups is 1. The third-order valence-corrected chi connectivity index (χ3v) is 2.04. The molecular weight excluding hydrogens is 249 g/mol. The van der Waals surface area contributed by atoms with Gasteiger partial charge in [-0.05, 0) is 18.2 Å². The second-order valence-electron chi connectivity index (χ2n) is 3.46. The van der Waals surface area contributed by atoms with Crippen molar-refractivity contribution in [2.45, 2.75) is 12.6 Å². The van der Waals surface area contributed by atoms with E-state index in [-0.39, 0.29) is 11.3 Å². The molecule has 0 radical (unpaired) electrons. The van der Waals surface area contributed by atoms with Crippen LogP contribution in [0.3, 0.4) is 0 Å². The van der Waals surface area contributed by atoms with E-state index in [0.29, 0.717) is 0 Å². The Balaban J connectivity index is 2.67. The minimum atomic E-state index is -5.00. The van der Waals surface area contributed by atoms with Crippen molar-refractivity contribution in [3.8, 4) is 5.75 Å². The Labute approximate surface area is 101 Å². The number of halogens is 3. The van der Waals surface area contributed by atoms with Gasteiger partial charge in [0.25, 0.3) is 0 Å². The Morgan fingerprint density at radius 3 is 2.39 bits per heavy atom. The summed E-state index contributed by atoms with van der Waals surface area (Å²) in [6.07, 6.45) is -4.24. The molecule has 1 aromatic rings. The molecular formula is C12H9F3O3. The Bertz CT molecular complexity index is 490. The summed E-state index contributed by atoms with van der Waals surface area (Å²) in [5, 5.41) is 9.33. The maximum absolute atomic E-state index is 11.9. The number of para-hydroxylation sites is 1. The lowest BCUT2D eigenvalue weighted by atomic mass is 10.1. The number of rotatable bonds is 4. The summed E-state index contributed by atoms with van der Waals surface area (Å²) in [6, 6.07) is 5.99. The van der Waals surface area contributed by atoms with E-state index >= 15 is 0 Å². The van der Waals surface area contributed by atoms with Gasteiger partial charge in [-0.25, -0.2) is 0 Å². The normalized spacial score (nSPS) is 11.7. The third-order valence-electron chi connectivity index (χ3n) is 2.04. The summed E-state index contributed by atoms with van der Waals surface area (Å²) >= 11 is 0. The molecule has 1 aromatic carbocycles. The first kappa shape index (κ1) is 14.0. The molecule has 6 heteroatoms. The van der Waals surface area contributed by atoms with E-state index in [9.17, 15) is 27.9 Å². The molecule has 0 aliphatic heterocycles. The van der Waals surface area contributed by atoms with Crippen LogP contribution in [0, 0.1) is 0 Å². The minimum Gasteiger partial charge on any atom is -0.507 e. The zero-order valence-electron chi connectivity index (χ0n) is 9.07. The second-order valence-corrected chi connectivity index (χ2v) is 3.46. The minimum absolute atomic E-state index is 0.108. The van der Waals surface area contributed by atoms with Gasteiger partial charge in [-0.3, -0.25) is 9.59 Å².